The number of nitrogens with zero attached hydrogens (tertiary/aromatic N) is 2. The number of amides is 1. The van der Waals surface area contributed by atoms with Crippen LogP contribution >= 0.6 is 11.3 Å². The second-order valence-corrected chi connectivity index (χ2v) is 9.50. The molecule has 1 amide bonds. The van der Waals surface area contributed by atoms with E-state index in [2.05, 4.69) is 6.92 Å². The molecule has 26 heavy (non-hydrogen) atoms. The predicted octanol–water partition coefficient (Wildman–Crippen LogP) is 3.34. The Morgan fingerprint density at radius 1 is 1.23 bits per heavy atom. The van der Waals surface area contributed by atoms with Crippen molar-refractivity contribution in [3.8, 4) is 0 Å². The SMILES string of the molecule is CC1CCN(C(=O)CN(c2ccccc2F)S(=O)(=O)c2cccs2)CC1. The lowest BCUT2D eigenvalue weighted by Gasteiger charge is -2.32. The molecule has 1 saturated heterocycles. The average Bonchev–Trinajstić information content (AvgIpc) is 3.16. The van der Waals surface area contributed by atoms with Crippen molar-refractivity contribution in [1.29, 1.82) is 0 Å². The van der Waals surface area contributed by atoms with Crippen LogP contribution in [0.25, 0.3) is 0 Å². The normalized spacial score (nSPS) is 15.8. The third-order valence-electron chi connectivity index (χ3n) is 4.58. The van der Waals surface area contributed by atoms with Crippen LogP contribution in [0.4, 0.5) is 10.1 Å². The van der Waals surface area contributed by atoms with Crippen molar-refractivity contribution in [2.75, 3.05) is 23.9 Å². The number of carbonyl (C=O) groups is 1. The first-order valence-electron chi connectivity index (χ1n) is 8.48. The smallest absolute Gasteiger partial charge is 0.274 e. The molecule has 3 rings (SSSR count). The zero-order valence-corrected chi connectivity index (χ0v) is 16.1. The molecular weight excluding hydrogens is 375 g/mol. The lowest BCUT2D eigenvalue weighted by molar-refractivity contribution is -0.130. The van der Waals surface area contributed by atoms with E-state index in [9.17, 15) is 17.6 Å². The van der Waals surface area contributed by atoms with Gasteiger partial charge in [-0.15, -0.1) is 11.3 Å². The molecule has 0 spiro atoms. The fraction of sp³-hybridized carbons (Fsp3) is 0.389. The van der Waals surface area contributed by atoms with Crippen molar-refractivity contribution in [3.63, 3.8) is 0 Å². The minimum atomic E-state index is -4.01. The topological polar surface area (TPSA) is 57.7 Å². The number of carbonyl (C=O) groups excluding carboxylic acids is 1. The van der Waals surface area contributed by atoms with Crippen molar-refractivity contribution in [2.24, 2.45) is 5.92 Å². The van der Waals surface area contributed by atoms with E-state index in [1.807, 2.05) is 0 Å². The Labute approximate surface area is 157 Å². The number of hydrogen-bond donors (Lipinski definition) is 0. The lowest BCUT2D eigenvalue weighted by Crippen LogP contribution is -2.45. The van der Waals surface area contributed by atoms with Crippen molar-refractivity contribution in [3.05, 3.63) is 47.6 Å². The molecule has 1 aromatic heterocycles. The molecule has 0 saturated carbocycles. The quantitative estimate of drug-likeness (QED) is 0.779. The van der Waals surface area contributed by atoms with Crippen molar-refractivity contribution in [2.45, 2.75) is 24.0 Å². The van der Waals surface area contributed by atoms with E-state index >= 15 is 0 Å². The molecule has 0 aliphatic carbocycles. The molecule has 1 fully saturated rings. The molecule has 1 aromatic carbocycles. The summed E-state index contributed by atoms with van der Waals surface area (Å²) in [7, 11) is -4.01. The summed E-state index contributed by atoms with van der Waals surface area (Å²) in [5.41, 5.74) is -0.111. The van der Waals surface area contributed by atoms with Crippen molar-refractivity contribution in [1.82, 2.24) is 4.90 Å². The standard InChI is InChI=1S/C18H21FN2O3S2/c1-14-8-10-20(11-9-14)17(22)13-21(16-6-3-2-5-15(16)19)26(23,24)18-7-4-12-25-18/h2-7,12,14H,8-11,13H2,1H3. The molecule has 0 atom stereocenters. The molecule has 140 valence electrons. The highest BCUT2D eigenvalue weighted by atomic mass is 32.2. The Hall–Kier alpha value is -1.93. The summed E-state index contributed by atoms with van der Waals surface area (Å²) in [6, 6.07) is 8.70. The minimum Gasteiger partial charge on any atom is -0.341 e. The maximum atomic E-state index is 14.3. The van der Waals surface area contributed by atoms with E-state index in [1.54, 1.807) is 22.4 Å². The molecule has 0 N–H and O–H groups in total. The zero-order valence-electron chi connectivity index (χ0n) is 14.5. The third kappa shape index (κ3) is 3.91. The Bertz CT molecular complexity index is 860. The molecule has 8 heteroatoms. The molecule has 0 bridgehead atoms. The van der Waals surface area contributed by atoms with Crippen LogP contribution in [0.5, 0.6) is 0 Å². The van der Waals surface area contributed by atoms with Gasteiger partial charge in [0.1, 0.15) is 16.6 Å². The number of sulfonamides is 1. The largest absolute Gasteiger partial charge is 0.341 e. The fourth-order valence-electron chi connectivity index (χ4n) is 2.95. The molecule has 1 aliphatic heterocycles. The summed E-state index contributed by atoms with van der Waals surface area (Å²) >= 11 is 1.04. The number of hydrogen-bond acceptors (Lipinski definition) is 4. The van der Waals surface area contributed by atoms with Crippen LogP contribution in [0.2, 0.25) is 0 Å². The number of anilines is 1. The molecule has 2 aromatic rings. The van der Waals surface area contributed by atoms with Crippen LogP contribution in [0.3, 0.4) is 0 Å². The van der Waals surface area contributed by atoms with Crippen LogP contribution in [0.1, 0.15) is 19.8 Å². The number of para-hydroxylation sites is 1. The van der Waals surface area contributed by atoms with Gasteiger partial charge >= 0.3 is 0 Å². The van der Waals surface area contributed by atoms with Crippen LogP contribution in [-0.2, 0) is 14.8 Å². The molecule has 1 aliphatic rings. The molecular formula is C18H21FN2O3S2. The fourth-order valence-corrected chi connectivity index (χ4v) is 5.48. The third-order valence-corrected chi connectivity index (χ3v) is 7.71. The highest BCUT2D eigenvalue weighted by Crippen LogP contribution is 2.29. The van der Waals surface area contributed by atoms with Gasteiger partial charge in [0.15, 0.2) is 0 Å². The van der Waals surface area contributed by atoms with Gasteiger partial charge in [-0.05, 0) is 42.3 Å². The number of benzene rings is 1. The van der Waals surface area contributed by atoms with E-state index in [1.165, 1.54) is 24.3 Å². The molecule has 5 nitrogen and oxygen atoms in total. The zero-order chi connectivity index (χ0) is 18.7. The summed E-state index contributed by atoms with van der Waals surface area (Å²) in [5, 5.41) is 1.64. The summed E-state index contributed by atoms with van der Waals surface area (Å²) in [5.74, 6) is -0.426. The van der Waals surface area contributed by atoms with Crippen LogP contribution in [0, 0.1) is 11.7 Å². The van der Waals surface area contributed by atoms with Gasteiger partial charge in [-0.25, -0.2) is 12.8 Å². The second-order valence-electron chi connectivity index (χ2n) is 6.46. The van der Waals surface area contributed by atoms with Crippen LogP contribution in [0.15, 0.2) is 46.0 Å². The highest BCUT2D eigenvalue weighted by molar-refractivity contribution is 7.94. The number of halogens is 1. The average molecular weight is 397 g/mol. The van der Waals surface area contributed by atoms with Gasteiger partial charge in [0.25, 0.3) is 10.0 Å². The van der Waals surface area contributed by atoms with Gasteiger partial charge in [0.2, 0.25) is 5.91 Å². The van der Waals surface area contributed by atoms with Gasteiger partial charge in [-0.2, -0.15) is 0 Å². The Balaban J connectivity index is 1.92. The summed E-state index contributed by atoms with van der Waals surface area (Å²) in [6.07, 6.45) is 1.78. The summed E-state index contributed by atoms with van der Waals surface area (Å²) < 4.78 is 41.3. The van der Waals surface area contributed by atoms with Gasteiger partial charge in [0, 0.05) is 13.1 Å². The summed E-state index contributed by atoms with van der Waals surface area (Å²) in [4.78, 5) is 14.4. The van der Waals surface area contributed by atoms with E-state index in [0.717, 1.165) is 28.5 Å². The molecule has 2 heterocycles. The van der Waals surface area contributed by atoms with Crippen LogP contribution < -0.4 is 4.31 Å². The van der Waals surface area contributed by atoms with E-state index in [0.29, 0.717) is 19.0 Å². The van der Waals surface area contributed by atoms with Gasteiger partial charge in [-0.3, -0.25) is 9.10 Å². The number of piperidine rings is 1. The Morgan fingerprint density at radius 3 is 2.54 bits per heavy atom. The maximum Gasteiger partial charge on any atom is 0.274 e. The number of likely N-dealkylation sites (tertiary alicyclic amines) is 1. The van der Waals surface area contributed by atoms with E-state index in [4.69, 9.17) is 0 Å². The van der Waals surface area contributed by atoms with Gasteiger partial charge in [0.05, 0.1) is 5.69 Å². The van der Waals surface area contributed by atoms with Crippen molar-refractivity contribution < 1.29 is 17.6 Å². The van der Waals surface area contributed by atoms with Gasteiger partial charge in [-0.1, -0.05) is 25.1 Å². The number of rotatable bonds is 5. The first kappa shape index (κ1) is 18.8. The Kier molecular flexibility index (Phi) is 5.62. The van der Waals surface area contributed by atoms with Crippen LogP contribution in [-0.4, -0.2) is 38.9 Å². The maximum absolute atomic E-state index is 14.3. The minimum absolute atomic E-state index is 0.0841. The second kappa shape index (κ2) is 7.75. The highest BCUT2D eigenvalue weighted by Gasteiger charge is 2.32. The van der Waals surface area contributed by atoms with Gasteiger partial charge < -0.3 is 4.90 Å². The molecule has 0 radical (unpaired) electrons. The van der Waals surface area contributed by atoms with E-state index in [-0.39, 0.29) is 15.8 Å². The molecule has 0 unspecified atom stereocenters. The lowest BCUT2D eigenvalue weighted by atomic mass is 9.99. The van der Waals surface area contributed by atoms with E-state index < -0.39 is 22.4 Å². The number of thiophene rings is 1. The summed E-state index contributed by atoms with van der Waals surface area (Å²) in [6.45, 7) is 2.93. The van der Waals surface area contributed by atoms with Crippen molar-refractivity contribution >= 4 is 33.0 Å². The monoisotopic (exact) mass is 396 g/mol. The first-order chi connectivity index (χ1) is 12.4. The first-order valence-corrected chi connectivity index (χ1v) is 10.8. The Morgan fingerprint density at radius 2 is 1.92 bits per heavy atom. The predicted molar refractivity (Wildman–Crippen MR) is 100 cm³/mol.